The average molecular weight is 527 g/mol. The van der Waals surface area contributed by atoms with E-state index in [0.717, 1.165) is 17.5 Å². The lowest BCUT2D eigenvalue weighted by atomic mass is 10.0. The van der Waals surface area contributed by atoms with E-state index in [2.05, 4.69) is 5.32 Å². The second-order valence-corrected chi connectivity index (χ2v) is 9.43. The van der Waals surface area contributed by atoms with Crippen molar-refractivity contribution in [2.75, 3.05) is 13.2 Å². The fourth-order valence-electron chi connectivity index (χ4n) is 3.84. The number of rotatable bonds is 13. The molecular formula is C29H32Cl2N2O3. The number of benzene rings is 3. The van der Waals surface area contributed by atoms with Crippen molar-refractivity contribution >= 4 is 35.0 Å². The lowest BCUT2D eigenvalue weighted by molar-refractivity contribution is -0.141. The second-order valence-electron chi connectivity index (χ2n) is 8.55. The molecule has 190 valence electrons. The molecule has 0 fully saturated rings. The first-order valence-corrected chi connectivity index (χ1v) is 13.0. The molecule has 1 atom stereocenters. The SMILES string of the molecule is CCCNC(=O)[C@H](Cc1ccccc1)N(Cc1cccc(Cl)c1)C(=O)CCCOc1ccc(Cl)cc1. The number of nitrogens with zero attached hydrogens (tertiary/aromatic N) is 1. The number of carbonyl (C=O) groups excluding carboxylic acids is 2. The van der Waals surface area contributed by atoms with Gasteiger partial charge >= 0.3 is 0 Å². The summed E-state index contributed by atoms with van der Waals surface area (Å²) in [6.07, 6.45) is 2.00. The van der Waals surface area contributed by atoms with Crippen LogP contribution in [0.2, 0.25) is 10.0 Å². The Kier molecular flexibility index (Phi) is 11.1. The van der Waals surface area contributed by atoms with Crippen molar-refractivity contribution in [2.24, 2.45) is 0 Å². The van der Waals surface area contributed by atoms with E-state index in [1.807, 2.05) is 55.5 Å². The molecule has 0 radical (unpaired) electrons. The first-order chi connectivity index (χ1) is 17.5. The molecule has 1 N–H and O–H groups in total. The Morgan fingerprint density at radius 1 is 0.917 bits per heavy atom. The van der Waals surface area contributed by atoms with Crippen LogP contribution in [0.5, 0.6) is 5.75 Å². The zero-order valence-electron chi connectivity index (χ0n) is 20.5. The van der Waals surface area contributed by atoms with Crippen molar-refractivity contribution in [1.29, 1.82) is 0 Å². The van der Waals surface area contributed by atoms with E-state index in [1.165, 1.54) is 0 Å². The summed E-state index contributed by atoms with van der Waals surface area (Å²) in [5.41, 5.74) is 1.86. The fourth-order valence-corrected chi connectivity index (χ4v) is 4.18. The van der Waals surface area contributed by atoms with Crippen LogP contribution in [0.15, 0.2) is 78.9 Å². The molecule has 0 aliphatic rings. The summed E-state index contributed by atoms with van der Waals surface area (Å²) in [5.74, 6) is 0.430. The maximum absolute atomic E-state index is 13.5. The van der Waals surface area contributed by atoms with Gasteiger partial charge in [-0.1, -0.05) is 72.6 Å². The zero-order chi connectivity index (χ0) is 25.8. The molecule has 0 aliphatic heterocycles. The normalized spacial score (nSPS) is 11.5. The Morgan fingerprint density at radius 2 is 1.64 bits per heavy atom. The van der Waals surface area contributed by atoms with Crippen LogP contribution in [0, 0.1) is 0 Å². The molecule has 0 aromatic heterocycles. The molecule has 0 spiro atoms. The number of hydrogen-bond acceptors (Lipinski definition) is 3. The molecule has 0 unspecified atom stereocenters. The van der Waals surface area contributed by atoms with Gasteiger partial charge in [-0.25, -0.2) is 0 Å². The van der Waals surface area contributed by atoms with Gasteiger partial charge in [-0.3, -0.25) is 9.59 Å². The van der Waals surface area contributed by atoms with Gasteiger partial charge < -0.3 is 15.0 Å². The van der Waals surface area contributed by atoms with Gasteiger partial charge in [0.25, 0.3) is 0 Å². The molecule has 0 bridgehead atoms. The lowest BCUT2D eigenvalue weighted by Gasteiger charge is -2.31. The van der Waals surface area contributed by atoms with E-state index >= 15 is 0 Å². The first-order valence-electron chi connectivity index (χ1n) is 12.2. The molecule has 2 amide bonds. The highest BCUT2D eigenvalue weighted by Gasteiger charge is 2.30. The second kappa shape index (κ2) is 14.5. The van der Waals surface area contributed by atoms with Crippen molar-refractivity contribution in [1.82, 2.24) is 10.2 Å². The quantitative estimate of drug-likeness (QED) is 0.265. The Balaban J connectivity index is 1.77. The smallest absolute Gasteiger partial charge is 0.243 e. The molecule has 36 heavy (non-hydrogen) atoms. The summed E-state index contributed by atoms with van der Waals surface area (Å²) in [6.45, 7) is 3.22. The molecule has 3 aromatic rings. The minimum atomic E-state index is -0.650. The largest absolute Gasteiger partial charge is 0.494 e. The molecule has 7 heteroatoms. The molecule has 0 saturated heterocycles. The summed E-state index contributed by atoms with van der Waals surface area (Å²) < 4.78 is 5.76. The highest BCUT2D eigenvalue weighted by Crippen LogP contribution is 2.19. The minimum Gasteiger partial charge on any atom is -0.494 e. The molecular weight excluding hydrogens is 495 g/mol. The summed E-state index contributed by atoms with van der Waals surface area (Å²) in [7, 11) is 0. The maximum atomic E-state index is 13.5. The molecule has 0 aliphatic carbocycles. The molecule has 3 rings (SSSR count). The maximum Gasteiger partial charge on any atom is 0.243 e. The van der Waals surface area contributed by atoms with E-state index in [1.54, 1.807) is 35.2 Å². The predicted octanol–water partition coefficient (Wildman–Crippen LogP) is 6.32. The number of hydrogen-bond donors (Lipinski definition) is 1. The van der Waals surface area contributed by atoms with E-state index < -0.39 is 6.04 Å². The van der Waals surface area contributed by atoms with E-state index in [0.29, 0.717) is 41.8 Å². The van der Waals surface area contributed by atoms with Crippen LogP contribution in [-0.2, 0) is 22.6 Å². The summed E-state index contributed by atoms with van der Waals surface area (Å²) >= 11 is 12.1. The lowest BCUT2D eigenvalue weighted by Crippen LogP contribution is -2.50. The predicted molar refractivity (Wildman–Crippen MR) is 145 cm³/mol. The third kappa shape index (κ3) is 8.89. The van der Waals surface area contributed by atoms with Gasteiger partial charge in [-0.05, 0) is 60.4 Å². The monoisotopic (exact) mass is 526 g/mol. The van der Waals surface area contributed by atoms with Crippen LogP contribution in [0.1, 0.15) is 37.3 Å². The summed E-state index contributed by atoms with van der Waals surface area (Å²) in [5, 5.41) is 4.21. The fraction of sp³-hybridized carbons (Fsp3) is 0.310. The van der Waals surface area contributed by atoms with Crippen molar-refractivity contribution in [3.8, 4) is 5.75 Å². The molecule has 0 saturated carbocycles. The van der Waals surface area contributed by atoms with Crippen molar-refractivity contribution < 1.29 is 14.3 Å². The van der Waals surface area contributed by atoms with Gasteiger partial charge in [0.2, 0.25) is 11.8 Å². The van der Waals surface area contributed by atoms with Gasteiger partial charge in [-0.2, -0.15) is 0 Å². The molecule has 5 nitrogen and oxygen atoms in total. The third-order valence-electron chi connectivity index (χ3n) is 5.68. The van der Waals surface area contributed by atoms with Gasteiger partial charge in [0.15, 0.2) is 0 Å². The summed E-state index contributed by atoms with van der Waals surface area (Å²) in [6, 6.07) is 23.6. The molecule has 3 aromatic carbocycles. The summed E-state index contributed by atoms with van der Waals surface area (Å²) in [4.78, 5) is 28.5. The minimum absolute atomic E-state index is 0.109. The van der Waals surface area contributed by atoms with Crippen LogP contribution < -0.4 is 10.1 Å². The standard InChI is InChI=1S/C29H32Cl2N2O3/c1-2-17-32-29(35)27(20-22-8-4-3-5-9-22)33(21-23-10-6-11-25(31)19-23)28(34)12-7-18-36-26-15-13-24(30)14-16-26/h3-6,8-11,13-16,19,27H,2,7,12,17-18,20-21H2,1H3,(H,32,35)/t27-/m0/s1. The number of carbonyl (C=O) groups is 2. The Hall–Kier alpha value is -3.02. The average Bonchev–Trinajstić information content (AvgIpc) is 2.88. The van der Waals surface area contributed by atoms with Crippen LogP contribution >= 0.6 is 23.2 Å². The Bertz CT molecular complexity index is 1110. The van der Waals surface area contributed by atoms with Crippen molar-refractivity contribution in [3.05, 3.63) is 100 Å². The van der Waals surface area contributed by atoms with Crippen LogP contribution in [0.4, 0.5) is 0 Å². The number of amides is 2. The van der Waals surface area contributed by atoms with E-state index in [-0.39, 0.29) is 24.8 Å². The number of ether oxygens (including phenoxy) is 1. The van der Waals surface area contributed by atoms with Crippen molar-refractivity contribution in [3.63, 3.8) is 0 Å². The third-order valence-corrected chi connectivity index (χ3v) is 6.17. The van der Waals surface area contributed by atoms with Crippen molar-refractivity contribution in [2.45, 2.75) is 45.2 Å². The molecule has 0 heterocycles. The van der Waals surface area contributed by atoms with Gasteiger partial charge in [-0.15, -0.1) is 0 Å². The van der Waals surface area contributed by atoms with E-state index in [9.17, 15) is 9.59 Å². The Labute approximate surface area is 223 Å². The van der Waals surface area contributed by atoms with Crippen LogP contribution in [-0.4, -0.2) is 35.9 Å². The van der Waals surface area contributed by atoms with Gasteiger partial charge in [0.05, 0.1) is 6.61 Å². The van der Waals surface area contributed by atoms with Gasteiger partial charge in [0, 0.05) is 36.0 Å². The van der Waals surface area contributed by atoms with Gasteiger partial charge in [0.1, 0.15) is 11.8 Å². The van der Waals surface area contributed by atoms with Crippen LogP contribution in [0.25, 0.3) is 0 Å². The highest BCUT2D eigenvalue weighted by atomic mass is 35.5. The van der Waals surface area contributed by atoms with E-state index in [4.69, 9.17) is 27.9 Å². The first kappa shape index (κ1) is 27.6. The highest BCUT2D eigenvalue weighted by molar-refractivity contribution is 6.30. The Morgan fingerprint density at radius 3 is 2.33 bits per heavy atom. The number of halogens is 2. The van der Waals surface area contributed by atoms with Crippen LogP contribution in [0.3, 0.4) is 0 Å². The zero-order valence-corrected chi connectivity index (χ0v) is 22.0. The number of nitrogens with one attached hydrogen (secondary N) is 1. The topological polar surface area (TPSA) is 58.6 Å².